The third-order valence-electron chi connectivity index (χ3n) is 2.66. The zero-order valence-corrected chi connectivity index (χ0v) is 11.5. The van der Waals surface area contributed by atoms with E-state index in [4.69, 9.17) is 0 Å². The van der Waals surface area contributed by atoms with Crippen molar-refractivity contribution in [2.75, 3.05) is 7.05 Å². The lowest BCUT2D eigenvalue weighted by atomic mass is 10.0. The molecule has 1 N–H and O–H groups in total. The molecule has 108 valence electrons. The van der Waals surface area contributed by atoms with Crippen LogP contribution in [0.4, 0.5) is 13.2 Å². The Kier molecular flexibility index (Phi) is 4.24. The van der Waals surface area contributed by atoms with Gasteiger partial charge in [-0.05, 0) is 43.2 Å². The quantitative estimate of drug-likeness (QED) is 0.943. The Hall–Kier alpha value is -1.67. The molecule has 4 nitrogen and oxygen atoms in total. The van der Waals surface area contributed by atoms with Crippen molar-refractivity contribution in [3.63, 3.8) is 0 Å². The topological polar surface area (TPSA) is 47.0 Å². The number of aryl methyl sites for hydroxylation is 1. The van der Waals surface area contributed by atoms with Gasteiger partial charge >= 0.3 is 6.36 Å². The van der Waals surface area contributed by atoms with Gasteiger partial charge in [-0.3, -0.25) is 0 Å². The van der Waals surface area contributed by atoms with Gasteiger partial charge in [-0.25, -0.2) is 0 Å². The van der Waals surface area contributed by atoms with Crippen LogP contribution in [0.3, 0.4) is 0 Å². The van der Waals surface area contributed by atoms with Crippen molar-refractivity contribution in [3.05, 3.63) is 40.4 Å². The van der Waals surface area contributed by atoms with Crippen molar-refractivity contribution < 1.29 is 17.9 Å². The summed E-state index contributed by atoms with van der Waals surface area (Å²) in [5.41, 5.74) is 1.40. The van der Waals surface area contributed by atoms with Crippen LogP contribution in [0.2, 0.25) is 0 Å². The zero-order chi connectivity index (χ0) is 14.8. The molecule has 8 heteroatoms. The van der Waals surface area contributed by atoms with Crippen LogP contribution in [0, 0.1) is 6.92 Å². The maximum atomic E-state index is 12.2. The summed E-state index contributed by atoms with van der Waals surface area (Å²) in [4.78, 5) is 0.858. The zero-order valence-electron chi connectivity index (χ0n) is 10.7. The van der Waals surface area contributed by atoms with E-state index >= 15 is 0 Å². The molecule has 0 fully saturated rings. The smallest absolute Gasteiger partial charge is 0.406 e. The fraction of sp³-hybridized carbons (Fsp3) is 0.333. The molecule has 0 aliphatic rings. The summed E-state index contributed by atoms with van der Waals surface area (Å²) in [5, 5.41) is 6.96. The summed E-state index contributed by atoms with van der Waals surface area (Å²) < 4.78 is 44.5. The van der Waals surface area contributed by atoms with Crippen molar-refractivity contribution in [1.82, 2.24) is 14.9 Å². The molecule has 0 saturated carbocycles. The van der Waals surface area contributed by atoms with Crippen LogP contribution >= 0.6 is 11.5 Å². The number of ether oxygens (including phenoxy) is 1. The van der Waals surface area contributed by atoms with Crippen LogP contribution in [0.1, 0.15) is 22.2 Å². The summed E-state index contributed by atoms with van der Waals surface area (Å²) in [5.74, 6) is -0.245. The van der Waals surface area contributed by atoms with E-state index in [1.807, 2.05) is 0 Å². The van der Waals surface area contributed by atoms with E-state index in [1.165, 1.54) is 29.7 Å². The molecule has 1 heterocycles. The van der Waals surface area contributed by atoms with Crippen LogP contribution in [0.15, 0.2) is 24.3 Å². The number of aromatic nitrogens is 2. The van der Waals surface area contributed by atoms with Gasteiger partial charge < -0.3 is 10.1 Å². The molecule has 0 amide bonds. The highest BCUT2D eigenvalue weighted by molar-refractivity contribution is 7.05. The Bertz CT molecular complexity index is 585. The molecule has 1 unspecified atom stereocenters. The molecule has 1 atom stereocenters. The van der Waals surface area contributed by atoms with Crippen molar-refractivity contribution in [2.24, 2.45) is 0 Å². The summed E-state index contributed by atoms with van der Waals surface area (Å²) in [6.45, 7) is 1.80. The van der Waals surface area contributed by atoms with Crippen molar-refractivity contribution >= 4 is 11.5 Å². The molecule has 0 spiro atoms. The van der Waals surface area contributed by atoms with Gasteiger partial charge in [0.05, 0.1) is 16.6 Å². The second-order valence-electron chi connectivity index (χ2n) is 4.06. The maximum Gasteiger partial charge on any atom is 0.573 e. The van der Waals surface area contributed by atoms with Gasteiger partial charge in [0.1, 0.15) is 5.75 Å². The molecule has 2 aromatic rings. The lowest BCUT2D eigenvalue weighted by Crippen LogP contribution is -2.19. The van der Waals surface area contributed by atoms with Gasteiger partial charge in [0.25, 0.3) is 0 Å². The minimum Gasteiger partial charge on any atom is -0.406 e. The molecule has 0 saturated heterocycles. The number of nitrogens with zero attached hydrogens (tertiary/aromatic N) is 2. The number of hydrogen-bond donors (Lipinski definition) is 1. The highest BCUT2D eigenvalue weighted by Gasteiger charge is 2.31. The molecule has 20 heavy (non-hydrogen) atoms. The Morgan fingerprint density at radius 2 is 2.10 bits per heavy atom. The fourth-order valence-electron chi connectivity index (χ4n) is 1.84. The SMILES string of the molecule is CNC(c1cccc(OC(F)(F)F)c1)c1snnc1C. The molecular weight excluding hydrogens is 291 g/mol. The lowest BCUT2D eigenvalue weighted by Gasteiger charge is -2.16. The lowest BCUT2D eigenvalue weighted by molar-refractivity contribution is -0.274. The Balaban J connectivity index is 2.32. The first-order chi connectivity index (χ1) is 9.40. The second-order valence-corrected chi connectivity index (χ2v) is 4.85. The largest absolute Gasteiger partial charge is 0.573 e. The van der Waals surface area contributed by atoms with Crippen LogP contribution in [0.5, 0.6) is 5.75 Å². The summed E-state index contributed by atoms with van der Waals surface area (Å²) in [7, 11) is 1.72. The second kappa shape index (κ2) is 5.76. The van der Waals surface area contributed by atoms with Gasteiger partial charge in [-0.15, -0.1) is 18.3 Å². The Labute approximate surface area is 117 Å². The molecule has 0 aliphatic heterocycles. The van der Waals surface area contributed by atoms with E-state index in [-0.39, 0.29) is 11.8 Å². The minimum atomic E-state index is -4.70. The molecule has 2 rings (SSSR count). The van der Waals surface area contributed by atoms with Crippen molar-refractivity contribution in [3.8, 4) is 5.75 Å². The molecular formula is C12H12F3N3OS. The number of rotatable bonds is 4. The van der Waals surface area contributed by atoms with Gasteiger partial charge in [0, 0.05) is 0 Å². The third-order valence-corrected chi connectivity index (χ3v) is 3.55. The van der Waals surface area contributed by atoms with Crippen LogP contribution < -0.4 is 10.1 Å². The van der Waals surface area contributed by atoms with Crippen molar-refractivity contribution in [1.29, 1.82) is 0 Å². The minimum absolute atomic E-state index is 0.245. The van der Waals surface area contributed by atoms with Gasteiger partial charge in [-0.1, -0.05) is 16.6 Å². The number of halogens is 3. The van der Waals surface area contributed by atoms with E-state index in [9.17, 15) is 13.2 Å². The van der Waals surface area contributed by atoms with Gasteiger partial charge in [0.15, 0.2) is 0 Å². The normalized spacial score (nSPS) is 13.2. The van der Waals surface area contributed by atoms with Crippen LogP contribution in [0.25, 0.3) is 0 Å². The molecule has 1 aromatic heterocycles. The average molecular weight is 303 g/mol. The van der Waals surface area contributed by atoms with E-state index in [0.29, 0.717) is 5.56 Å². The number of nitrogens with one attached hydrogen (secondary N) is 1. The molecule has 0 bridgehead atoms. The molecule has 1 aromatic carbocycles. The number of alkyl halides is 3. The average Bonchev–Trinajstić information content (AvgIpc) is 2.75. The predicted octanol–water partition coefficient (Wildman–Crippen LogP) is 3.05. The molecule has 0 aliphatic carbocycles. The summed E-state index contributed by atoms with van der Waals surface area (Å²) in [6, 6.07) is 5.59. The molecule has 0 radical (unpaired) electrons. The fourth-order valence-corrected chi connectivity index (χ4v) is 2.63. The summed E-state index contributed by atoms with van der Waals surface area (Å²) >= 11 is 1.21. The maximum absolute atomic E-state index is 12.2. The first kappa shape index (κ1) is 14.7. The van der Waals surface area contributed by atoms with E-state index < -0.39 is 6.36 Å². The van der Waals surface area contributed by atoms with E-state index in [2.05, 4.69) is 19.6 Å². The Morgan fingerprint density at radius 3 is 2.65 bits per heavy atom. The van der Waals surface area contributed by atoms with Crippen molar-refractivity contribution in [2.45, 2.75) is 19.3 Å². The van der Waals surface area contributed by atoms with Crippen LogP contribution in [-0.2, 0) is 0 Å². The highest BCUT2D eigenvalue weighted by atomic mass is 32.1. The Morgan fingerprint density at radius 1 is 1.35 bits per heavy atom. The predicted molar refractivity (Wildman–Crippen MR) is 68.7 cm³/mol. The highest BCUT2D eigenvalue weighted by Crippen LogP contribution is 2.30. The van der Waals surface area contributed by atoms with E-state index in [0.717, 1.165) is 10.6 Å². The monoisotopic (exact) mass is 303 g/mol. The number of benzene rings is 1. The standard InChI is InChI=1S/C12H12F3N3OS/c1-7-11(20-18-17-7)10(16-2)8-4-3-5-9(6-8)19-12(13,14)15/h3-6,10,16H,1-2H3. The van der Waals surface area contributed by atoms with Crippen LogP contribution in [-0.4, -0.2) is 23.0 Å². The first-order valence-corrected chi connectivity index (χ1v) is 6.50. The van der Waals surface area contributed by atoms with E-state index in [1.54, 1.807) is 20.0 Å². The summed E-state index contributed by atoms with van der Waals surface area (Å²) in [6.07, 6.45) is -4.70. The van der Waals surface area contributed by atoms with Gasteiger partial charge in [0.2, 0.25) is 0 Å². The first-order valence-electron chi connectivity index (χ1n) is 5.72. The van der Waals surface area contributed by atoms with Gasteiger partial charge in [-0.2, -0.15) is 0 Å². The number of hydrogen-bond acceptors (Lipinski definition) is 5. The third kappa shape index (κ3) is 3.45.